The van der Waals surface area contributed by atoms with Crippen LogP contribution in [-0.2, 0) is 4.74 Å². The van der Waals surface area contributed by atoms with Crippen LogP contribution < -0.4 is 0 Å². The largest absolute Gasteiger partial charge is 0.463 e. The SMILES string of the molecule is COC(=O)c1nccc(-c2ccccc2)n1. The Morgan fingerprint density at radius 2 is 1.94 bits per heavy atom. The first-order chi connectivity index (χ1) is 7.81. The van der Waals surface area contributed by atoms with Crippen LogP contribution in [0, 0.1) is 0 Å². The molecular formula is C12H10N2O2. The molecule has 4 nitrogen and oxygen atoms in total. The van der Waals surface area contributed by atoms with E-state index < -0.39 is 5.97 Å². The van der Waals surface area contributed by atoms with Gasteiger partial charge in [-0.05, 0) is 6.07 Å². The fourth-order valence-corrected chi connectivity index (χ4v) is 1.32. The van der Waals surface area contributed by atoms with Crippen LogP contribution in [0.2, 0.25) is 0 Å². The molecule has 16 heavy (non-hydrogen) atoms. The van der Waals surface area contributed by atoms with Gasteiger partial charge in [0.1, 0.15) is 0 Å². The van der Waals surface area contributed by atoms with Crippen molar-refractivity contribution in [2.45, 2.75) is 0 Å². The van der Waals surface area contributed by atoms with Gasteiger partial charge in [-0.2, -0.15) is 0 Å². The minimum atomic E-state index is -0.530. The first kappa shape index (κ1) is 10.3. The lowest BCUT2D eigenvalue weighted by atomic mass is 10.1. The van der Waals surface area contributed by atoms with Crippen molar-refractivity contribution >= 4 is 5.97 Å². The Morgan fingerprint density at radius 1 is 1.19 bits per heavy atom. The Kier molecular flexibility index (Phi) is 2.91. The molecular weight excluding hydrogens is 204 g/mol. The fourth-order valence-electron chi connectivity index (χ4n) is 1.32. The quantitative estimate of drug-likeness (QED) is 0.717. The highest BCUT2D eigenvalue weighted by Gasteiger charge is 2.09. The van der Waals surface area contributed by atoms with Crippen LogP contribution in [0.4, 0.5) is 0 Å². The summed E-state index contributed by atoms with van der Waals surface area (Å²) < 4.78 is 4.56. The van der Waals surface area contributed by atoms with Gasteiger partial charge in [0, 0.05) is 11.8 Å². The van der Waals surface area contributed by atoms with E-state index in [1.807, 2.05) is 30.3 Å². The van der Waals surface area contributed by atoms with Gasteiger partial charge in [-0.3, -0.25) is 0 Å². The maximum absolute atomic E-state index is 11.2. The second-order valence-electron chi connectivity index (χ2n) is 3.12. The zero-order chi connectivity index (χ0) is 11.4. The second kappa shape index (κ2) is 4.53. The minimum absolute atomic E-state index is 0.0730. The van der Waals surface area contributed by atoms with Gasteiger partial charge in [-0.15, -0.1) is 0 Å². The predicted octanol–water partition coefficient (Wildman–Crippen LogP) is 1.93. The molecule has 2 rings (SSSR count). The van der Waals surface area contributed by atoms with Crippen molar-refractivity contribution in [2.24, 2.45) is 0 Å². The molecule has 0 saturated heterocycles. The maximum Gasteiger partial charge on any atom is 0.376 e. The summed E-state index contributed by atoms with van der Waals surface area (Å²) in [5.41, 5.74) is 1.64. The van der Waals surface area contributed by atoms with E-state index in [4.69, 9.17) is 0 Å². The van der Waals surface area contributed by atoms with Crippen LogP contribution in [0.25, 0.3) is 11.3 Å². The smallest absolute Gasteiger partial charge is 0.376 e. The zero-order valence-electron chi connectivity index (χ0n) is 8.75. The first-order valence-electron chi connectivity index (χ1n) is 4.78. The summed E-state index contributed by atoms with van der Waals surface area (Å²) in [7, 11) is 1.31. The van der Waals surface area contributed by atoms with Crippen molar-refractivity contribution in [1.82, 2.24) is 9.97 Å². The van der Waals surface area contributed by atoms with E-state index in [1.165, 1.54) is 7.11 Å². The average Bonchev–Trinajstić information content (AvgIpc) is 2.39. The number of rotatable bonds is 2. The second-order valence-corrected chi connectivity index (χ2v) is 3.12. The molecule has 0 amide bonds. The zero-order valence-corrected chi connectivity index (χ0v) is 8.75. The summed E-state index contributed by atoms with van der Waals surface area (Å²) in [6.45, 7) is 0. The molecule has 80 valence electrons. The lowest BCUT2D eigenvalue weighted by Gasteiger charge is -2.01. The number of nitrogens with zero attached hydrogens (tertiary/aromatic N) is 2. The third-order valence-electron chi connectivity index (χ3n) is 2.09. The third-order valence-corrected chi connectivity index (χ3v) is 2.09. The number of ether oxygens (including phenoxy) is 1. The number of esters is 1. The van der Waals surface area contributed by atoms with Crippen LogP contribution in [-0.4, -0.2) is 23.0 Å². The molecule has 1 heterocycles. The molecule has 0 spiro atoms. The van der Waals surface area contributed by atoms with Crippen LogP contribution in [0.15, 0.2) is 42.6 Å². The minimum Gasteiger partial charge on any atom is -0.463 e. The Morgan fingerprint density at radius 3 is 2.62 bits per heavy atom. The summed E-state index contributed by atoms with van der Waals surface area (Å²) in [6, 6.07) is 11.3. The highest BCUT2D eigenvalue weighted by molar-refractivity contribution is 5.85. The highest BCUT2D eigenvalue weighted by atomic mass is 16.5. The summed E-state index contributed by atoms with van der Waals surface area (Å²) in [4.78, 5) is 19.2. The Hall–Kier alpha value is -2.23. The van der Waals surface area contributed by atoms with E-state index in [2.05, 4.69) is 14.7 Å². The summed E-state index contributed by atoms with van der Waals surface area (Å²) in [6.07, 6.45) is 1.54. The van der Waals surface area contributed by atoms with Crippen molar-refractivity contribution < 1.29 is 9.53 Å². The van der Waals surface area contributed by atoms with Crippen molar-refractivity contribution in [3.63, 3.8) is 0 Å². The third kappa shape index (κ3) is 2.06. The number of hydrogen-bond donors (Lipinski definition) is 0. The van der Waals surface area contributed by atoms with Crippen molar-refractivity contribution in [3.8, 4) is 11.3 Å². The first-order valence-corrected chi connectivity index (χ1v) is 4.78. The summed E-state index contributed by atoms with van der Waals surface area (Å²) >= 11 is 0. The highest BCUT2D eigenvalue weighted by Crippen LogP contribution is 2.15. The standard InChI is InChI=1S/C12H10N2O2/c1-16-12(15)11-13-8-7-10(14-11)9-5-3-2-4-6-9/h2-8H,1H3. The number of carbonyl (C=O) groups excluding carboxylic acids is 1. The van der Waals surface area contributed by atoms with Gasteiger partial charge in [0.2, 0.25) is 5.82 Å². The lowest BCUT2D eigenvalue weighted by Crippen LogP contribution is -2.07. The van der Waals surface area contributed by atoms with E-state index in [0.29, 0.717) is 5.69 Å². The van der Waals surface area contributed by atoms with E-state index in [1.54, 1.807) is 12.3 Å². The van der Waals surface area contributed by atoms with Crippen LogP contribution in [0.1, 0.15) is 10.6 Å². The van der Waals surface area contributed by atoms with E-state index in [9.17, 15) is 4.79 Å². The summed E-state index contributed by atoms with van der Waals surface area (Å²) in [5.74, 6) is -0.457. The van der Waals surface area contributed by atoms with Crippen molar-refractivity contribution in [2.75, 3.05) is 7.11 Å². The topological polar surface area (TPSA) is 52.1 Å². The van der Waals surface area contributed by atoms with Gasteiger partial charge in [0.25, 0.3) is 0 Å². The monoisotopic (exact) mass is 214 g/mol. The molecule has 0 aliphatic heterocycles. The molecule has 0 fully saturated rings. The van der Waals surface area contributed by atoms with Crippen molar-refractivity contribution in [3.05, 3.63) is 48.4 Å². The number of benzene rings is 1. The normalized spacial score (nSPS) is 9.81. The molecule has 0 aliphatic carbocycles. The molecule has 0 unspecified atom stereocenters. The molecule has 0 aliphatic rings. The molecule has 0 bridgehead atoms. The molecule has 1 aromatic heterocycles. The molecule has 1 aromatic carbocycles. The number of methoxy groups -OCH3 is 1. The Labute approximate surface area is 92.9 Å². The lowest BCUT2D eigenvalue weighted by molar-refractivity contribution is 0.0587. The van der Waals surface area contributed by atoms with Gasteiger partial charge in [0.05, 0.1) is 12.8 Å². The maximum atomic E-state index is 11.2. The fraction of sp³-hybridized carbons (Fsp3) is 0.0833. The van der Waals surface area contributed by atoms with Crippen LogP contribution >= 0.6 is 0 Å². The number of aromatic nitrogens is 2. The van der Waals surface area contributed by atoms with E-state index in [-0.39, 0.29) is 5.82 Å². The van der Waals surface area contributed by atoms with Crippen LogP contribution in [0.3, 0.4) is 0 Å². The van der Waals surface area contributed by atoms with Gasteiger partial charge in [-0.25, -0.2) is 14.8 Å². The van der Waals surface area contributed by atoms with E-state index in [0.717, 1.165) is 5.56 Å². The molecule has 0 saturated carbocycles. The molecule has 2 aromatic rings. The van der Waals surface area contributed by atoms with Crippen molar-refractivity contribution in [1.29, 1.82) is 0 Å². The van der Waals surface area contributed by atoms with E-state index >= 15 is 0 Å². The molecule has 0 radical (unpaired) electrons. The molecule has 4 heteroatoms. The number of carbonyl (C=O) groups is 1. The molecule has 0 N–H and O–H groups in total. The Balaban J connectivity index is 2.40. The van der Waals surface area contributed by atoms with Crippen LogP contribution in [0.5, 0.6) is 0 Å². The number of hydrogen-bond acceptors (Lipinski definition) is 4. The van der Waals surface area contributed by atoms with Gasteiger partial charge >= 0.3 is 5.97 Å². The van der Waals surface area contributed by atoms with Gasteiger partial charge in [-0.1, -0.05) is 30.3 Å². The molecule has 0 atom stereocenters. The predicted molar refractivity (Wildman–Crippen MR) is 58.8 cm³/mol. The van der Waals surface area contributed by atoms with Gasteiger partial charge < -0.3 is 4.74 Å². The van der Waals surface area contributed by atoms with Gasteiger partial charge in [0.15, 0.2) is 0 Å². The summed E-state index contributed by atoms with van der Waals surface area (Å²) in [5, 5.41) is 0. The average molecular weight is 214 g/mol. The Bertz CT molecular complexity index is 497.